The first-order valence-corrected chi connectivity index (χ1v) is 9.38. The van der Waals surface area contributed by atoms with Crippen molar-refractivity contribution in [2.24, 2.45) is 0 Å². The molecule has 1 heterocycles. The minimum atomic E-state index is -3.23. The first-order valence-electron chi connectivity index (χ1n) is 7.67. The summed E-state index contributed by atoms with van der Waals surface area (Å²) in [6.45, 7) is 0. The van der Waals surface area contributed by atoms with Crippen LogP contribution in [-0.2, 0) is 21.1 Å². The Bertz CT molecular complexity index is 772. The van der Waals surface area contributed by atoms with E-state index in [4.69, 9.17) is 0 Å². The second-order valence-corrected chi connectivity index (χ2v) is 8.11. The third kappa shape index (κ3) is 3.62. The molecule has 2 atom stereocenters. The van der Waals surface area contributed by atoms with E-state index in [1.807, 2.05) is 60.7 Å². The zero-order valence-electron chi connectivity index (χ0n) is 12.7. The van der Waals surface area contributed by atoms with Gasteiger partial charge in [-0.1, -0.05) is 60.7 Å². The Kier molecular flexibility index (Phi) is 4.48. The maximum Gasteiger partial charge on any atom is 0.238 e. The molecule has 1 fully saturated rings. The molecule has 0 radical (unpaired) electrons. The summed E-state index contributed by atoms with van der Waals surface area (Å²) in [4.78, 5) is 12.3. The zero-order chi connectivity index (χ0) is 16.3. The molecule has 0 bridgehead atoms. The van der Waals surface area contributed by atoms with Gasteiger partial charge in [-0.15, -0.1) is 0 Å². The van der Waals surface area contributed by atoms with Crippen molar-refractivity contribution in [3.8, 4) is 0 Å². The van der Waals surface area contributed by atoms with Gasteiger partial charge in [-0.05, 0) is 24.0 Å². The van der Waals surface area contributed by atoms with Crippen LogP contribution in [0.15, 0.2) is 60.7 Å². The van der Waals surface area contributed by atoms with Crippen LogP contribution in [0.1, 0.15) is 23.6 Å². The second-order valence-electron chi connectivity index (χ2n) is 5.81. The van der Waals surface area contributed by atoms with Crippen LogP contribution in [0, 0.1) is 0 Å². The number of sulfone groups is 1. The SMILES string of the molecule is O=C(NC(Cc1ccccc1)c1ccccc1)C1CCS1(=O)=O. The predicted octanol–water partition coefficient (Wildman–Crippen LogP) is 2.27. The Balaban J connectivity index is 1.79. The molecule has 1 N–H and O–H groups in total. The van der Waals surface area contributed by atoms with Crippen molar-refractivity contribution in [2.75, 3.05) is 5.75 Å². The lowest BCUT2D eigenvalue weighted by molar-refractivity contribution is -0.121. The fraction of sp³-hybridized carbons (Fsp3) is 0.278. The molecule has 2 aromatic carbocycles. The minimum Gasteiger partial charge on any atom is -0.348 e. The van der Waals surface area contributed by atoms with Crippen molar-refractivity contribution in [1.29, 1.82) is 0 Å². The van der Waals surface area contributed by atoms with Gasteiger partial charge in [-0.25, -0.2) is 8.42 Å². The monoisotopic (exact) mass is 329 g/mol. The lowest BCUT2D eigenvalue weighted by Crippen LogP contribution is -2.49. The number of nitrogens with one attached hydrogen (secondary N) is 1. The standard InChI is InChI=1S/C18H19NO3S/c20-18(17-11-12-23(17,21)22)19-16(15-9-5-2-6-10-15)13-14-7-3-1-4-8-14/h1-10,16-17H,11-13H2,(H,19,20). The summed E-state index contributed by atoms with van der Waals surface area (Å²) in [5, 5.41) is 2.04. The summed E-state index contributed by atoms with van der Waals surface area (Å²) in [5.74, 6) is -0.277. The van der Waals surface area contributed by atoms with Gasteiger partial charge in [0.15, 0.2) is 9.84 Å². The van der Waals surface area contributed by atoms with Crippen molar-refractivity contribution >= 4 is 15.7 Å². The van der Waals surface area contributed by atoms with Gasteiger partial charge in [-0.3, -0.25) is 4.79 Å². The van der Waals surface area contributed by atoms with Gasteiger partial charge in [0, 0.05) is 0 Å². The maximum atomic E-state index is 12.3. The van der Waals surface area contributed by atoms with Gasteiger partial charge in [-0.2, -0.15) is 0 Å². The number of hydrogen-bond donors (Lipinski definition) is 1. The Morgan fingerprint density at radius 3 is 2.17 bits per heavy atom. The summed E-state index contributed by atoms with van der Waals surface area (Å²) in [6, 6.07) is 19.3. The Hall–Kier alpha value is -2.14. The highest BCUT2D eigenvalue weighted by Gasteiger charge is 2.41. The van der Waals surface area contributed by atoms with Crippen molar-refractivity contribution in [3.63, 3.8) is 0 Å². The molecule has 1 saturated heterocycles. The zero-order valence-corrected chi connectivity index (χ0v) is 13.5. The van der Waals surface area contributed by atoms with Crippen molar-refractivity contribution in [2.45, 2.75) is 24.1 Å². The fourth-order valence-electron chi connectivity index (χ4n) is 2.77. The highest BCUT2D eigenvalue weighted by Crippen LogP contribution is 2.24. The molecule has 3 rings (SSSR count). The number of carbonyl (C=O) groups is 1. The molecule has 0 spiro atoms. The van der Waals surface area contributed by atoms with Gasteiger partial charge in [0.25, 0.3) is 0 Å². The largest absolute Gasteiger partial charge is 0.348 e. The van der Waals surface area contributed by atoms with Crippen molar-refractivity contribution < 1.29 is 13.2 Å². The molecule has 0 aromatic heterocycles. The average molecular weight is 329 g/mol. The third-order valence-corrected chi connectivity index (χ3v) is 6.31. The number of rotatable bonds is 5. The van der Waals surface area contributed by atoms with E-state index < -0.39 is 15.1 Å². The Morgan fingerprint density at radius 1 is 1.04 bits per heavy atom. The summed E-state index contributed by atoms with van der Waals surface area (Å²) in [5.41, 5.74) is 2.07. The number of carbonyl (C=O) groups excluding carboxylic acids is 1. The molecule has 4 nitrogen and oxygen atoms in total. The summed E-state index contributed by atoms with van der Waals surface area (Å²) in [6.07, 6.45) is 1.05. The highest BCUT2D eigenvalue weighted by molar-refractivity contribution is 7.94. The highest BCUT2D eigenvalue weighted by atomic mass is 32.2. The van der Waals surface area contributed by atoms with Crippen LogP contribution in [0.25, 0.3) is 0 Å². The third-order valence-electron chi connectivity index (χ3n) is 4.19. The number of benzene rings is 2. The molecule has 1 aliphatic rings. The van der Waals surface area contributed by atoms with Crippen LogP contribution < -0.4 is 5.32 Å². The molecule has 120 valence electrons. The normalized spacial score (nSPS) is 20.3. The van der Waals surface area contributed by atoms with E-state index in [0.717, 1.165) is 11.1 Å². The van der Waals surface area contributed by atoms with Gasteiger partial charge in [0.1, 0.15) is 5.25 Å². The van der Waals surface area contributed by atoms with Crippen molar-refractivity contribution in [1.82, 2.24) is 5.32 Å². The fourth-order valence-corrected chi connectivity index (χ4v) is 4.02. The van der Waals surface area contributed by atoms with E-state index >= 15 is 0 Å². The van der Waals surface area contributed by atoms with Gasteiger partial charge < -0.3 is 5.32 Å². The van der Waals surface area contributed by atoms with Gasteiger partial charge in [0.05, 0.1) is 11.8 Å². The molecular formula is C18H19NO3S. The number of hydrogen-bond acceptors (Lipinski definition) is 3. The van der Waals surface area contributed by atoms with E-state index in [-0.39, 0.29) is 17.7 Å². The quantitative estimate of drug-likeness (QED) is 0.915. The van der Waals surface area contributed by atoms with Crippen molar-refractivity contribution in [3.05, 3.63) is 71.8 Å². The average Bonchev–Trinajstić information content (AvgIpc) is 2.55. The van der Waals surface area contributed by atoms with E-state index in [9.17, 15) is 13.2 Å². The second kappa shape index (κ2) is 6.54. The molecule has 1 aliphatic heterocycles. The topological polar surface area (TPSA) is 63.2 Å². The van der Waals surface area contributed by atoms with Crippen LogP contribution in [0.5, 0.6) is 0 Å². The number of amides is 1. The van der Waals surface area contributed by atoms with Crippen LogP contribution >= 0.6 is 0 Å². The molecule has 2 aromatic rings. The molecule has 0 aliphatic carbocycles. The van der Waals surface area contributed by atoms with E-state index in [1.54, 1.807) is 0 Å². The maximum absolute atomic E-state index is 12.3. The molecule has 1 amide bonds. The van der Waals surface area contributed by atoms with E-state index in [0.29, 0.717) is 12.8 Å². The van der Waals surface area contributed by atoms with Gasteiger partial charge in [0.2, 0.25) is 5.91 Å². The Labute approximate surface area is 136 Å². The molecule has 0 saturated carbocycles. The minimum absolute atomic E-state index is 0.111. The Morgan fingerprint density at radius 2 is 1.65 bits per heavy atom. The predicted molar refractivity (Wildman–Crippen MR) is 89.7 cm³/mol. The molecular weight excluding hydrogens is 310 g/mol. The summed E-state index contributed by atoms with van der Waals surface area (Å²) in [7, 11) is -3.23. The molecule has 2 unspecified atom stereocenters. The first kappa shape index (κ1) is 15.7. The summed E-state index contributed by atoms with van der Waals surface area (Å²) < 4.78 is 23.3. The van der Waals surface area contributed by atoms with Crippen LogP contribution in [-0.4, -0.2) is 25.3 Å². The van der Waals surface area contributed by atoms with Crippen LogP contribution in [0.4, 0.5) is 0 Å². The van der Waals surface area contributed by atoms with Crippen LogP contribution in [0.3, 0.4) is 0 Å². The smallest absolute Gasteiger partial charge is 0.238 e. The van der Waals surface area contributed by atoms with E-state index in [2.05, 4.69) is 5.32 Å². The van der Waals surface area contributed by atoms with Crippen LogP contribution in [0.2, 0.25) is 0 Å². The lowest BCUT2D eigenvalue weighted by Gasteiger charge is -2.28. The van der Waals surface area contributed by atoms with Gasteiger partial charge >= 0.3 is 0 Å². The lowest BCUT2D eigenvalue weighted by atomic mass is 9.98. The molecule has 23 heavy (non-hydrogen) atoms. The summed E-state index contributed by atoms with van der Waals surface area (Å²) >= 11 is 0. The van der Waals surface area contributed by atoms with E-state index in [1.165, 1.54) is 0 Å². The molecule has 5 heteroatoms. The first-order chi connectivity index (χ1) is 11.1.